The van der Waals surface area contributed by atoms with Crippen molar-refractivity contribution < 1.29 is 37.7 Å². The first-order valence-corrected chi connectivity index (χ1v) is 8.08. The zero-order chi connectivity index (χ0) is 18.3. The molecule has 0 aliphatic heterocycles. The van der Waals surface area contributed by atoms with Crippen LogP contribution in [-0.4, -0.2) is 30.0 Å². The molecule has 0 aliphatic rings. The Morgan fingerprint density at radius 1 is 0.920 bits per heavy atom. The Morgan fingerprint density at radius 3 is 1.64 bits per heavy atom. The quantitative estimate of drug-likeness (QED) is 0.316. The molecule has 0 atom stereocenters. The third kappa shape index (κ3) is 8.58. The normalized spacial score (nSPS) is 11.2. The van der Waals surface area contributed by atoms with Gasteiger partial charge in [0.25, 0.3) is 5.69 Å². The predicted molar refractivity (Wildman–Crippen MR) is 94.4 cm³/mol. The van der Waals surface area contributed by atoms with Crippen molar-refractivity contribution in [2.75, 3.05) is 0 Å². The maximum absolute atomic E-state index is 10.7. The Bertz CT molecular complexity index is 581. The van der Waals surface area contributed by atoms with Gasteiger partial charge in [-0.2, -0.15) is 0 Å². The van der Waals surface area contributed by atoms with Gasteiger partial charge in [-0.05, 0) is 53.7 Å². The van der Waals surface area contributed by atoms with Gasteiger partial charge in [-0.3, -0.25) is 10.1 Å². The molecule has 0 N–H and O–H groups in total. The first-order valence-electron chi connectivity index (χ1n) is 8.08. The van der Waals surface area contributed by atoms with Crippen molar-refractivity contribution in [1.82, 2.24) is 0 Å². The molecule has 132 valence electrons. The summed E-state index contributed by atoms with van der Waals surface area (Å²) in [6, 6.07) is 6.00. The van der Waals surface area contributed by atoms with Gasteiger partial charge in [0.2, 0.25) is 0 Å². The number of benzene rings is 1. The largest absolute Gasteiger partial charge is 1.00 e. The zero-order valence-corrected chi connectivity index (χ0v) is 16.1. The van der Waals surface area contributed by atoms with Crippen molar-refractivity contribution in [2.45, 2.75) is 59.9 Å². The molecule has 6 nitrogen and oxygen atoms in total. The summed E-state index contributed by atoms with van der Waals surface area (Å²) in [7, 11) is 0. The van der Waals surface area contributed by atoms with Gasteiger partial charge in [0.05, 0.1) is 4.92 Å². The molecule has 0 bridgehead atoms. The summed E-state index contributed by atoms with van der Waals surface area (Å²) in [5.41, 5.74) is 0.645. The maximum atomic E-state index is 10.7. The Morgan fingerprint density at radius 2 is 1.32 bits per heavy atom. The van der Waals surface area contributed by atoms with E-state index in [-0.39, 0.29) is 42.9 Å². The molecule has 0 saturated carbocycles. The Hall–Kier alpha value is -1.28. The van der Waals surface area contributed by atoms with E-state index < -0.39 is 11.7 Å². The summed E-state index contributed by atoms with van der Waals surface area (Å²) in [5.74, 6) is 5.92. The average molecular weight is 341 g/mol. The van der Waals surface area contributed by atoms with E-state index in [0.29, 0.717) is 5.56 Å². The average Bonchev–Trinajstić information content (AvgIpc) is 2.43. The fraction of sp³-hybridized carbons (Fsp3) is 0.529. The Kier molecular flexibility index (Phi) is 10.1. The molecule has 0 spiro atoms. The second-order valence-electron chi connectivity index (χ2n) is 6.27. The zero-order valence-electron chi connectivity index (χ0n) is 16.1. The van der Waals surface area contributed by atoms with E-state index in [4.69, 9.17) is 14.0 Å². The van der Waals surface area contributed by atoms with Gasteiger partial charge in [-0.15, -0.1) is 5.92 Å². The van der Waals surface area contributed by atoms with Gasteiger partial charge in [-0.25, -0.2) is 5.82 Å². The fourth-order valence-electron chi connectivity index (χ4n) is 2.11. The molecule has 0 aromatic heterocycles. The van der Waals surface area contributed by atoms with Crippen LogP contribution in [0, 0.1) is 21.9 Å². The van der Waals surface area contributed by atoms with Crippen LogP contribution >= 0.6 is 0 Å². The van der Waals surface area contributed by atoms with Gasteiger partial charge in [0.1, 0.15) is 0 Å². The molecule has 1 rings (SSSR count). The smallest absolute Gasteiger partial charge is 0.532 e. The molecule has 0 saturated heterocycles. The molecule has 25 heavy (non-hydrogen) atoms. The van der Waals surface area contributed by atoms with Crippen molar-refractivity contribution in [1.29, 1.82) is 0 Å². The minimum atomic E-state index is -2.26. The topological polar surface area (TPSA) is 70.8 Å². The fourth-order valence-corrected chi connectivity index (χ4v) is 2.11. The Balaban J connectivity index is 0.00000576. The summed E-state index contributed by atoms with van der Waals surface area (Å²) >= 11 is 0. The van der Waals surface area contributed by atoms with Crippen LogP contribution in [-0.2, 0) is 14.0 Å². The van der Waals surface area contributed by atoms with Gasteiger partial charge >= 0.3 is 25.6 Å². The van der Waals surface area contributed by atoms with Crippen molar-refractivity contribution in [3.8, 4) is 11.7 Å². The van der Waals surface area contributed by atoms with Gasteiger partial charge in [0.15, 0.2) is 0 Å². The molecule has 0 heterocycles. The first kappa shape index (κ1) is 23.7. The van der Waals surface area contributed by atoms with E-state index in [1.165, 1.54) is 12.1 Å². The number of hydrogen-bond donors (Lipinski definition) is 0. The van der Waals surface area contributed by atoms with E-state index >= 15 is 0 Å². The minimum absolute atomic E-state index is 0. The SMILES string of the molecule is CC(C)O[B-](C#Cc1ccc([N+](=O)[O-])cc1)(OC(C)C)OC(C)C.[Li+]. The number of non-ortho nitro benzene ring substituents is 1. The van der Waals surface area contributed by atoms with Crippen LogP contribution in [0.15, 0.2) is 24.3 Å². The molecule has 0 amide bonds. The maximum Gasteiger partial charge on any atom is 1.00 e. The predicted octanol–water partition coefficient (Wildman–Crippen LogP) is 0.703. The van der Waals surface area contributed by atoms with E-state index in [9.17, 15) is 10.1 Å². The molecular weight excluding hydrogens is 316 g/mol. The summed E-state index contributed by atoms with van der Waals surface area (Å²) in [6.07, 6.45) is -0.393. The van der Waals surface area contributed by atoms with Crippen molar-refractivity contribution in [3.05, 3.63) is 39.9 Å². The van der Waals surface area contributed by atoms with E-state index in [2.05, 4.69) is 11.7 Å². The van der Waals surface area contributed by atoms with E-state index in [1.807, 2.05) is 41.5 Å². The van der Waals surface area contributed by atoms with Crippen molar-refractivity contribution in [3.63, 3.8) is 0 Å². The summed E-state index contributed by atoms with van der Waals surface area (Å²) in [5, 5.41) is 10.7. The first-order chi connectivity index (χ1) is 11.1. The second-order valence-corrected chi connectivity index (χ2v) is 6.27. The molecule has 1 aromatic rings. The molecule has 1 aromatic carbocycles. The van der Waals surface area contributed by atoms with Crippen molar-refractivity contribution in [2.24, 2.45) is 0 Å². The van der Waals surface area contributed by atoms with Gasteiger partial charge in [0, 0.05) is 36.0 Å². The standard InChI is InChI=1S/C17H25BNO5.Li/c1-13(2)22-18(23-14(3)4,24-15(5)6)12-11-16-7-9-17(10-8-16)19(20)21;/h7-10,13-15H,1-6H3;/q-1;+1. The van der Waals surface area contributed by atoms with E-state index in [0.717, 1.165) is 0 Å². The van der Waals surface area contributed by atoms with Gasteiger partial charge in [-0.1, -0.05) is 0 Å². The van der Waals surface area contributed by atoms with Crippen LogP contribution in [0.3, 0.4) is 0 Å². The number of nitro groups is 1. The summed E-state index contributed by atoms with van der Waals surface area (Å²) in [4.78, 5) is 10.3. The van der Waals surface area contributed by atoms with Crippen LogP contribution in [0.2, 0.25) is 0 Å². The molecule has 8 heteroatoms. The number of hydrogen-bond acceptors (Lipinski definition) is 5. The molecule has 0 fully saturated rings. The molecule has 0 unspecified atom stereocenters. The van der Waals surface area contributed by atoms with Crippen LogP contribution in [0.5, 0.6) is 0 Å². The monoisotopic (exact) mass is 341 g/mol. The van der Waals surface area contributed by atoms with Crippen LogP contribution in [0.25, 0.3) is 0 Å². The number of rotatable bonds is 7. The third-order valence-corrected chi connectivity index (χ3v) is 2.83. The van der Waals surface area contributed by atoms with Crippen molar-refractivity contribution >= 4 is 12.4 Å². The van der Waals surface area contributed by atoms with Crippen LogP contribution < -0.4 is 18.9 Å². The third-order valence-electron chi connectivity index (χ3n) is 2.83. The molecular formula is C17H25BLiNO5. The number of nitrogens with zero attached hydrogens (tertiary/aromatic N) is 1. The number of nitro benzene ring substituents is 1. The molecule has 0 aliphatic carbocycles. The second kappa shape index (κ2) is 10.7. The molecule has 0 radical (unpaired) electrons. The summed E-state index contributed by atoms with van der Waals surface area (Å²) < 4.78 is 17.6. The van der Waals surface area contributed by atoms with Crippen LogP contribution in [0.4, 0.5) is 5.69 Å². The Labute approximate surface area is 161 Å². The van der Waals surface area contributed by atoms with E-state index in [1.54, 1.807) is 12.1 Å². The minimum Gasteiger partial charge on any atom is -0.532 e. The van der Waals surface area contributed by atoms with Crippen LogP contribution in [0.1, 0.15) is 47.1 Å². The van der Waals surface area contributed by atoms with Gasteiger partial charge < -0.3 is 14.0 Å². The summed E-state index contributed by atoms with van der Waals surface area (Å²) in [6.45, 7) is 9.06.